The van der Waals surface area contributed by atoms with Crippen LogP contribution in [0.5, 0.6) is 0 Å². The summed E-state index contributed by atoms with van der Waals surface area (Å²) in [5, 5.41) is 11.6. The number of H-pyrrole nitrogens is 1. The van der Waals surface area contributed by atoms with Crippen molar-refractivity contribution in [1.82, 2.24) is 20.4 Å². The molecule has 0 saturated heterocycles. The Morgan fingerprint density at radius 1 is 1.21 bits per heavy atom. The summed E-state index contributed by atoms with van der Waals surface area (Å²) in [6.45, 7) is 1.99. The van der Waals surface area contributed by atoms with Crippen LogP contribution in [0.15, 0.2) is 46.9 Å². The Morgan fingerprint density at radius 2 is 2.10 bits per heavy atom. The molecule has 0 saturated carbocycles. The first kappa shape index (κ1) is 18.1. The standard InChI is InChI=1S/C22H26N6O/c1-27(2)11-5-3-4-10-23-16-6-7-17-21-20(16)22(29)19-14-12-25-26-15(14)8-9-18(19)28(21)13-24-17/h6-9,12-13,20-21,23H,3-5,10-11H2,1-2H3,(H,25,26). The summed E-state index contributed by atoms with van der Waals surface area (Å²) in [7, 11) is 4.21. The molecule has 5 rings (SSSR count). The van der Waals surface area contributed by atoms with Crippen molar-refractivity contribution in [3.8, 4) is 0 Å². The summed E-state index contributed by atoms with van der Waals surface area (Å²) in [6, 6.07) is 3.92. The molecule has 0 spiro atoms. The van der Waals surface area contributed by atoms with Gasteiger partial charge >= 0.3 is 0 Å². The van der Waals surface area contributed by atoms with E-state index in [0.29, 0.717) is 0 Å². The first-order valence-electron chi connectivity index (χ1n) is 10.3. The van der Waals surface area contributed by atoms with E-state index in [1.54, 1.807) is 6.20 Å². The number of hydrogen-bond donors (Lipinski definition) is 2. The van der Waals surface area contributed by atoms with E-state index in [9.17, 15) is 4.79 Å². The minimum atomic E-state index is -0.257. The van der Waals surface area contributed by atoms with Gasteiger partial charge in [-0.25, -0.2) is 4.99 Å². The van der Waals surface area contributed by atoms with Crippen LogP contribution < -0.4 is 10.2 Å². The molecule has 3 aliphatic rings. The first-order chi connectivity index (χ1) is 14.1. The number of ketones is 1. The number of allylic oxidation sites excluding steroid dienone is 2. The normalized spacial score (nSPS) is 22.0. The maximum absolute atomic E-state index is 13.7. The number of rotatable bonds is 7. The molecule has 0 bridgehead atoms. The molecule has 0 fully saturated rings. The van der Waals surface area contributed by atoms with Gasteiger partial charge in [0.15, 0.2) is 5.78 Å². The number of benzene rings is 1. The molecular formula is C22H26N6O. The Labute approximate surface area is 170 Å². The summed E-state index contributed by atoms with van der Waals surface area (Å²) >= 11 is 0. The minimum Gasteiger partial charge on any atom is -0.388 e. The van der Waals surface area contributed by atoms with Gasteiger partial charge in [-0.15, -0.1) is 0 Å². The highest BCUT2D eigenvalue weighted by molar-refractivity contribution is 6.18. The van der Waals surface area contributed by atoms with E-state index >= 15 is 0 Å². The third kappa shape index (κ3) is 2.97. The van der Waals surface area contributed by atoms with Crippen LogP contribution in [0.4, 0.5) is 5.69 Å². The van der Waals surface area contributed by atoms with Gasteiger partial charge < -0.3 is 15.1 Å². The van der Waals surface area contributed by atoms with Gasteiger partial charge in [0.2, 0.25) is 0 Å². The van der Waals surface area contributed by atoms with Crippen LogP contribution in [-0.4, -0.2) is 60.4 Å². The van der Waals surface area contributed by atoms with Crippen molar-refractivity contribution in [1.29, 1.82) is 0 Å². The maximum atomic E-state index is 13.7. The number of hydrogen-bond acceptors (Lipinski definition) is 6. The Kier molecular flexibility index (Phi) is 4.47. The van der Waals surface area contributed by atoms with Crippen molar-refractivity contribution in [2.45, 2.75) is 25.3 Å². The molecule has 2 atom stereocenters. The average Bonchev–Trinajstić information content (AvgIpc) is 3.35. The van der Waals surface area contributed by atoms with Crippen molar-refractivity contribution in [3.63, 3.8) is 0 Å². The molecule has 150 valence electrons. The van der Waals surface area contributed by atoms with E-state index in [0.717, 1.165) is 53.1 Å². The van der Waals surface area contributed by atoms with Gasteiger partial charge in [0, 0.05) is 17.6 Å². The molecule has 7 nitrogen and oxygen atoms in total. The van der Waals surface area contributed by atoms with E-state index in [4.69, 9.17) is 0 Å². The second-order valence-corrected chi connectivity index (χ2v) is 8.23. The van der Waals surface area contributed by atoms with E-state index in [1.165, 1.54) is 12.8 Å². The predicted molar refractivity (Wildman–Crippen MR) is 115 cm³/mol. The van der Waals surface area contributed by atoms with E-state index in [-0.39, 0.29) is 17.7 Å². The molecule has 2 N–H and O–H groups in total. The minimum absolute atomic E-state index is 0.0550. The molecule has 1 aromatic carbocycles. The highest BCUT2D eigenvalue weighted by Crippen LogP contribution is 2.45. The highest BCUT2D eigenvalue weighted by Gasteiger charge is 2.47. The lowest BCUT2D eigenvalue weighted by Crippen LogP contribution is -2.49. The number of nitrogens with zero attached hydrogens (tertiary/aromatic N) is 4. The molecule has 1 aliphatic carbocycles. The summed E-state index contributed by atoms with van der Waals surface area (Å²) in [4.78, 5) is 22.6. The molecule has 2 unspecified atom stereocenters. The smallest absolute Gasteiger partial charge is 0.177 e. The zero-order chi connectivity index (χ0) is 20.0. The number of anilines is 1. The third-order valence-corrected chi connectivity index (χ3v) is 6.04. The monoisotopic (exact) mass is 390 g/mol. The summed E-state index contributed by atoms with van der Waals surface area (Å²) in [5.41, 5.74) is 4.50. The maximum Gasteiger partial charge on any atom is 0.177 e. The van der Waals surface area contributed by atoms with Crippen LogP contribution in [0.3, 0.4) is 0 Å². The predicted octanol–water partition coefficient (Wildman–Crippen LogP) is 2.70. The Balaban J connectivity index is 1.40. The van der Waals surface area contributed by atoms with Gasteiger partial charge in [0.25, 0.3) is 0 Å². The number of carbonyl (C=O) groups is 1. The Morgan fingerprint density at radius 3 is 2.97 bits per heavy atom. The van der Waals surface area contributed by atoms with Crippen LogP contribution in [0.2, 0.25) is 0 Å². The Hall–Kier alpha value is -2.93. The SMILES string of the molecule is CN(C)CCCCCNC1=CC=C2N=CN3c4ccc5[nH]ncc5c4C(=O)C1C23. The average molecular weight is 390 g/mol. The zero-order valence-electron chi connectivity index (χ0n) is 16.9. The van der Waals surface area contributed by atoms with Crippen LogP contribution in [0, 0.1) is 5.92 Å². The molecule has 29 heavy (non-hydrogen) atoms. The molecule has 0 amide bonds. The van der Waals surface area contributed by atoms with Crippen molar-refractivity contribution in [2.24, 2.45) is 10.9 Å². The Bertz CT molecular complexity index is 1050. The molecule has 7 heteroatoms. The fraction of sp³-hybridized carbons (Fsp3) is 0.409. The lowest BCUT2D eigenvalue weighted by Gasteiger charge is -2.39. The van der Waals surface area contributed by atoms with Gasteiger partial charge in [-0.1, -0.05) is 6.42 Å². The van der Waals surface area contributed by atoms with Crippen molar-refractivity contribution in [3.05, 3.63) is 47.4 Å². The number of unbranched alkanes of at least 4 members (excludes halogenated alkanes) is 2. The number of Topliss-reactive ketones (excluding diaryl/α,β-unsaturated/α-hetero) is 1. The van der Waals surface area contributed by atoms with E-state index in [1.807, 2.05) is 30.6 Å². The van der Waals surface area contributed by atoms with Gasteiger partial charge in [-0.3, -0.25) is 9.89 Å². The lowest BCUT2D eigenvalue weighted by molar-refractivity contribution is 0.0921. The number of nitrogens with one attached hydrogen (secondary N) is 2. The highest BCUT2D eigenvalue weighted by atomic mass is 16.1. The number of carbonyl (C=O) groups excluding carboxylic acids is 1. The topological polar surface area (TPSA) is 76.6 Å². The van der Waals surface area contributed by atoms with Crippen LogP contribution in [0.25, 0.3) is 10.9 Å². The fourth-order valence-electron chi connectivity index (χ4n) is 4.61. The molecule has 2 aliphatic heterocycles. The second-order valence-electron chi connectivity index (χ2n) is 8.23. The van der Waals surface area contributed by atoms with Gasteiger partial charge in [-0.2, -0.15) is 5.10 Å². The molecule has 3 heterocycles. The van der Waals surface area contributed by atoms with Crippen molar-refractivity contribution >= 4 is 28.7 Å². The number of aromatic nitrogens is 2. The summed E-state index contributed by atoms with van der Waals surface area (Å²) in [6.07, 6.45) is 11.2. The fourth-order valence-corrected chi connectivity index (χ4v) is 4.61. The molecule has 1 aromatic heterocycles. The molecular weight excluding hydrogens is 364 g/mol. The van der Waals surface area contributed by atoms with Crippen LogP contribution in [-0.2, 0) is 0 Å². The zero-order valence-corrected chi connectivity index (χ0v) is 16.9. The number of fused-ring (bicyclic) bond motifs is 4. The molecule has 0 radical (unpaired) electrons. The quantitative estimate of drug-likeness (QED) is 0.711. The third-order valence-electron chi connectivity index (χ3n) is 6.04. The van der Waals surface area contributed by atoms with Gasteiger partial charge in [-0.05, 0) is 57.8 Å². The number of aromatic amines is 1. The van der Waals surface area contributed by atoms with E-state index < -0.39 is 0 Å². The summed E-state index contributed by atoms with van der Waals surface area (Å²) in [5.74, 6) is -0.108. The van der Waals surface area contributed by atoms with Gasteiger partial charge in [0.1, 0.15) is 0 Å². The van der Waals surface area contributed by atoms with Crippen LogP contribution >= 0.6 is 0 Å². The first-order valence-corrected chi connectivity index (χ1v) is 10.3. The lowest BCUT2D eigenvalue weighted by atomic mass is 9.78. The van der Waals surface area contributed by atoms with E-state index in [2.05, 4.69) is 44.4 Å². The second kappa shape index (κ2) is 7.15. The summed E-state index contributed by atoms with van der Waals surface area (Å²) < 4.78 is 0. The van der Waals surface area contributed by atoms with Crippen molar-refractivity contribution in [2.75, 3.05) is 32.1 Å². The number of aliphatic imine (C=N–C) groups is 1. The van der Waals surface area contributed by atoms with Crippen LogP contribution in [0.1, 0.15) is 29.6 Å². The van der Waals surface area contributed by atoms with Crippen molar-refractivity contribution < 1.29 is 4.79 Å². The largest absolute Gasteiger partial charge is 0.388 e. The van der Waals surface area contributed by atoms with Gasteiger partial charge in [0.05, 0.1) is 47.0 Å². The molecule has 2 aromatic rings.